The second kappa shape index (κ2) is 12.9. The van der Waals surface area contributed by atoms with Crippen LogP contribution in [0.3, 0.4) is 0 Å². The summed E-state index contributed by atoms with van der Waals surface area (Å²) in [6.07, 6.45) is 7.30. The zero-order valence-corrected chi connectivity index (χ0v) is 21.5. The molecule has 7 nitrogen and oxygen atoms in total. The number of guanidine groups is 1. The van der Waals surface area contributed by atoms with Crippen LogP contribution in [-0.2, 0) is 22.9 Å². The molecule has 1 aromatic rings. The number of nitrogens with one attached hydrogen (secondary N) is 1. The van der Waals surface area contributed by atoms with Crippen molar-refractivity contribution in [3.63, 3.8) is 0 Å². The number of halogens is 1. The SMILES string of the molecule is CCNC(=NCCc1c(C)nn(C)c1C)N1CCC(OCC2CCCCO2)CC1.I. The molecule has 2 saturated heterocycles. The van der Waals surface area contributed by atoms with Gasteiger partial charge in [0.25, 0.3) is 0 Å². The van der Waals surface area contributed by atoms with Gasteiger partial charge in [0, 0.05) is 45.5 Å². The fourth-order valence-corrected chi connectivity index (χ4v) is 4.30. The van der Waals surface area contributed by atoms with Crippen molar-refractivity contribution in [1.82, 2.24) is 20.0 Å². The van der Waals surface area contributed by atoms with Gasteiger partial charge in [-0.15, -0.1) is 24.0 Å². The zero-order valence-electron chi connectivity index (χ0n) is 19.2. The Kier molecular flexibility index (Phi) is 10.9. The van der Waals surface area contributed by atoms with Gasteiger partial charge in [-0.25, -0.2) is 0 Å². The molecule has 172 valence electrons. The van der Waals surface area contributed by atoms with Gasteiger partial charge in [-0.3, -0.25) is 9.67 Å². The number of aromatic nitrogens is 2. The third-order valence-electron chi connectivity index (χ3n) is 6.15. The summed E-state index contributed by atoms with van der Waals surface area (Å²) in [5.41, 5.74) is 3.68. The van der Waals surface area contributed by atoms with E-state index in [1.54, 1.807) is 0 Å². The van der Waals surface area contributed by atoms with Gasteiger partial charge in [-0.2, -0.15) is 5.10 Å². The van der Waals surface area contributed by atoms with E-state index in [1.807, 2.05) is 11.7 Å². The summed E-state index contributed by atoms with van der Waals surface area (Å²) >= 11 is 0. The lowest BCUT2D eigenvalue weighted by atomic mass is 10.1. The van der Waals surface area contributed by atoms with Crippen LogP contribution < -0.4 is 5.32 Å². The number of aliphatic imine (C=N–C) groups is 1. The van der Waals surface area contributed by atoms with E-state index in [9.17, 15) is 0 Å². The van der Waals surface area contributed by atoms with Gasteiger partial charge in [0.05, 0.1) is 24.5 Å². The normalized spacial score (nSPS) is 20.9. The monoisotopic (exact) mass is 533 g/mol. The molecule has 0 bridgehead atoms. The molecule has 0 saturated carbocycles. The minimum absolute atomic E-state index is 0. The molecule has 0 aromatic carbocycles. The number of nitrogens with zero attached hydrogens (tertiary/aromatic N) is 4. The van der Waals surface area contributed by atoms with Crippen LogP contribution in [0.1, 0.15) is 56.0 Å². The molecule has 0 aliphatic carbocycles. The Bertz CT molecular complexity index is 665. The summed E-state index contributed by atoms with van der Waals surface area (Å²) in [6, 6.07) is 0. The first-order valence-electron chi connectivity index (χ1n) is 11.3. The molecule has 1 atom stereocenters. The molecule has 1 N–H and O–H groups in total. The third kappa shape index (κ3) is 7.09. The van der Waals surface area contributed by atoms with E-state index in [0.717, 1.165) is 76.7 Å². The van der Waals surface area contributed by atoms with Crippen LogP contribution in [0, 0.1) is 13.8 Å². The molecule has 2 aliphatic rings. The Labute approximate surface area is 199 Å². The highest BCUT2D eigenvalue weighted by molar-refractivity contribution is 14.0. The molecule has 2 fully saturated rings. The molecule has 1 aromatic heterocycles. The lowest BCUT2D eigenvalue weighted by Crippen LogP contribution is -2.47. The average molecular weight is 533 g/mol. The maximum atomic E-state index is 6.16. The molecular formula is C22H40IN5O2. The molecule has 30 heavy (non-hydrogen) atoms. The zero-order chi connectivity index (χ0) is 20.6. The van der Waals surface area contributed by atoms with E-state index in [4.69, 9.17) is 14.5 Å². The van der Waals surface area contributed by atoms with Gasteiger partial charge >= 0.3 is 0 Å². The molecule has 0 amide bonds. The first-order chi connectivity index (χ1) is 14.1. The van der Waals surface area contributed by atoms with E-state index in [1.165, 1.54) is 24.1 Å². The molecule has 3 heterocycles. The number of piperidine rings is 1. The first-order valence-corrected chi connectivity index (χ1v) is 11.3. The standard InChI is InChI=1S/C22H39N5O2.HI/c1-5-23-22(24-12-9-21-17(2)25-26(4)18(21)3)27-13-10-19(11-14-27)29-16-20-8-6-7-15-28-20;/h19-20H,5-16H2,1-4H3,(H,23,24);1H. The van der Waals surface area contributed by atoms with Gasteiger partial charge in [0.15, 0.2) is 5.96 Å². The fraction of sp³-hybridized carbons (Fsp3) is 0.818. The second-order valence-electron chi connectivity index (χ2n) is 8.27. The van der Waals surface area contributed by atoms with Crippen molar-refractivity contribution < 1.29 is 9.47 Å². The van der Waals surface area contributed by atoms with Gasteiger partial charge in [-0.1, -0.05) is 0 Å². The Hall–Kier alpha value is -0.870. The summed E-state index contributed by atoms with van der Waals surface area (Å²) in [7, 11) is 2.01. The Morgan fingerprint density at radius 3 is 2.60 bits per heavy atom. The lowest BCUT2D eigenvalue weighted by Gasteiger charge is -2.35. The lowest BCUT2D eigenvalue weighted by molar-refractivity contribution is -0.0721. The van der Waals surface area contributed by atoms with Crippen molar-refractivity contribution in [2.24, 2.45) is 12.0 Å². The van der Waals surface area contributed by atoms with Gasteiger partial charge < -0.3 is 19.7 Å². The van der Waals surface area contributed by atoms with Crippen molar-refractivity contribution in [3.05, 3.63) is 17.0 Å². The number of rotatable bonds is 7. The van der Waals surface area contributed by atoms with Gasteiger partial charge in [0.2, 0.25) is 0 Å². The number of hydrogen-bond acceptors (Lipinski definition) is 4. The highest BCUT2D eigenvalue weighted by Gasteiger charge is 2.23. The average Bonchev–Trinajstić information content (AvgIpc) is 2.98. The minimum Gasteiger partial charge on any atom is -0.376 e. The topological polar surface area (TPSA) is 63.9 Å². The molecule has 0 radical (unpaired) electrons. The quantitative estimate of drug-likeness (QED) is 0.332. The second-order valence-corrected chi connectivity index (χ2v) is 8.27. The third-order valence-corrected chi connectivity index (χ3v) is 6.15. The van der Waals surface area contributed by atoms with E-state index in [0.29, 0.717) is 12.2 Å². The summed E-state index contributed by atoms with van der Waals surface area (Å²) < 4.78 is 13.9. The molecule has 8 heteroatoms. The number of aryl methyl sites for hydroxylation is 2. The maximum Gasteiger partial charge on any atom is 0.193 e. The van der Waals surface area contributed by atoms with Crippen LogP contribution in [0.5, 0.6) is 0 Å². The first kappa shape index (κ1) is 25.4. The van der Waals surface area contributed by atoms with E-state index in [-0.39, 0.29) is 24.0 Å². The highest BCUT2D eigenvalue weighted by Crippen LogP contribution is 2.18. The van der Waals surface area contributed by atoms with Crippen LogP contribution in [-0.4, -0.2) is 72.2 Å². The number of hydrogen-bond donors (Lipinski definition) is 1. The van der Waals surface area contributed by atoms with Crippen LogP contribution in [0.2, 0.25) is 0 Å². The van der Waals surface area contributed by atoms with Crippen LogP contribution in [0.15, 0.2) is 4.99 Å². The van der Waals surface area contributed by atoms with Gasteiger partial charge in [-0.05, 0) is 64.9 Å². The predicted molar refractivity (Wildman–Crippen MR) is 132 cm³/mol. The van der Waals surface area contributed by atoms with Crippen LogP contribution in [0.25, 0.3) is 0 Å². The van der Waals surface area contributed by atoms with Crippen molar-refractivity contribution in [2.45, 2.75) is 71.5 Å². The van der Waals surface area contributed by atoms with Gasteiger partial charge in [0.1, 0.15) is 0 Å². The fourth-order valence-electron chi connectivity index (χ4n) is 4.30. The number of ether oxygens (including phenoxy) is 2. The van der Waals surface area contributed by atoms with Crippen molar-refractivity contribution in [1.29, 1.82) is 0 Å². The smallest absolute Gasteiger partial charge is 0.193 e. The molecular weight excluding hydrogens is 493 g/mol. The Morgan fingerprint density at radius 1 is 1.23 bits per heavy atom. The van der Waals surface area contributed by atoms with Crippen LogP contribution >= 0.6 is 24.0 Å². The molecule has 0 spiro atoms. The molecule has 2 aliphatic heterocycles. The predicted octanol–water partition coefficient (Wildman–Crippen LogP) is 3.21. The van der Waals surface area contributed by atoms with Crippen molar-refractivity contribution in [2.75, 3.05) is 39.4 Å². The van der Waals surface area contributed by atoms with E-state index >= 15 is 0 Å². The maximum absolute atomic E-state index is 6.16. The van der Waals surface area contributed by atoms with E-state index < -0.39 is 0 Å². The number of likely N-dealkylation sites (tertiary alicyclic amines) is 1. The molecule has 1 unspecified atom stereocenters. The summed E-state index contributed by atoms with van der Waals surface area (Å²) in [5.74, 6) is 1.03. The van der Waals surface area contributed by atoms with E-state index in [2.05, 4.69) is 36.1 Å². The molecule has 3 rings (SSSR count). The Balaban J connectivity index is 0.00000320. The summed E-state index contributed by atoms with van der Waals surface area (Å²) in [4.78, 5) is 7.28. The largest absolute Gasteiger partial charge is 0.376 e. The summed E-state index contributed by atoms with van der Waals surface area (Å²) in [6.45, 7) is 11.7. The highest BCUT2D eigenvalue weighted by atomic mass is 127. The Morgan fingerprint density at radius 2 is 2.00 bits per heavy atom. The van der Waals surface area contributed by atoms with Crippen molar-refractivity contribution in [3.8, 4) is 0 Å². The van der Waals surface area contributed by atoms with Crippen molar-refractivity contribution >= 4 is 29.9 Å². The summed E-state index contributed by atoms with van der Waals surface area (Å²) in [5, 5.41) is 7.98. The minimum atomic E-state index is 0. The van der Waals surface area contributed by atoms with Crippen LogP contribution in [0.4, 0.5) is 0 Å².